The first kappa shape index (κ1) is 18.8. The maximum absolute atomic E-state index is 12.2. The number of carboxylic acid groups (broad SMARTS) is 1. The van der Waals surface area contributed by atoms with Crippen molar-refractivity contribution >= 4 is 34.2 Å². The Balaban J connectivity index is 1.73. The van der Waals surface area contributed by atoms with Crippen LogP contribution in [0.25, 0.3) is 10.9 Å². The van der Waals surface area contributed by atoms with Crippen LogP contribution in [0.4, 0.5) is 11.4 Å². The van der Waals surface area contributed by atoms with Crippen LogP contribution >= 0.6 is 0 Å². The molecule has 1 atom stereocenters. The van der Waals surface area contributed by atoms with Crippen LogP contribution in [-0.2, 0) is 11.3 Å². The van der Waals surface area contributed by atoms with E-state index in [1.54, 1.807) is 30.3 Å². The molecule has 0 fully saturated rings. The van der Waals surface area contributed by atoms with E-state index in [0.717, 1.165) is 11.3 Å². The lowest BCUT2D eigenvalue weighted by Gasteiger charge is -2.08. The number of nitro groups is 1. The second kappa shape index (κ2) is 7.74. The molecule has 4 N–H and O–H groups in total. The highest BCUT2D eigenvalue weighted by molar-refractivity contribution is 6.06. The molecule has 0 aliphatic carbocycles. The summed E-state index contributed by atoms with van der Waals surface area (Å²) in [5, 5.41) is 32.5. The number of non-ortho nitro benzene ring substituents is 1. The number of anilines is 1. The third-order valence-electron chi connectivity index (χ3n) is 4.11. The number of carbonyl (C=O) groups is 2. The number of carboxylic acids is 1. The van der Waals surface area contributed by atoms with Gasteiger partial charge in [-0.25, -0.2) is 0 Å². The van der Waals surface area contributed by atoms with Gasteiger partial charge in [-0.05, 0) is 30.7 Å². The zero-order valence-electron chi connectivity index (χ0n) is 14.8. The van der Waals surface area contributed by atoms with E-state index >= 15 is 0 Å². The highest BCUT2D eigenvalue weighted by Gasteiger charge is 2.19. The maximum Gasteiger partial charge on any atom is 0.325 e. The number of benzene rings is 2. The summed E-state index contributed by atoms with van der Waals surface area (Å²) in [4.78, 5) is 33.5. The Labute approximate surface area is 158 Å². The molecule has 2 aromatic carbocycles. The topological polar surface area (TPSA) is 150 Å². The van der Waals surface area contributed by atoms with Gasteiger partial charge in [0.25, 0.3) is 11.6 Å². The third kappa shape index (κ3) is 4.06. The molecular formula is C18H17N5O5. The van der Waals surface area contributed by atoms with Gasteiger partial charge in [-0.15, -0.1) is 0 Å². The highest BCUT2D eigenvalue weighted by Crippen LogP contribution is 2.21. The number of fused-ring (bicyclic) bond motifs is 1. The number of nitrogens with one attached hydrogen (secondary N) is 3. The third-order valence-corrected chi connectivity index (χ3v) is 4.11. The van der Waals surface area contributed by atoms with Crippen LogP contribution in [0.2, 0.25) is 0 Å². The van der Waals surface area contributed by atoms with Crippen molar-refractivity contribution in [3.63, 3.8) is 0 Å². The van der Waals surface area contributed by atoms with E-state index < -0.39 is 22.8 Å². The predicted molar refractivity (Wildman–Crippen MR) is 101 cm³/mol. The summed E-state index contributed by atoms with van der Waals surface area (Å²) >= 11 is 0. The smallest absolute Gasteiger partial charge is 0.325 e. The summed E-state index contributed by atoms with van der Waals surface area (Å²) in [6.07, 6.45) is 0. The Morgan fingerprint density at radius 3 is 2.79 bits per heavy atom. The standard InChI is InChI=1S/C18H17N5O5/c1-10(18(25)26)20-17(24)16-14-6-5-12(8-15(14)21-22-16)19-9-11-3-2-4-13(7-11)23(27)28/h2-8,10,19H,9H2,1H3,(H,20,24)(H,21,22)(H,25,26). The van der Waals surface area contributed by atoms with Crippen LogP contribution < -0.4 is 10.6 Å². The largest absolute Gasteiger partial charge is 0.480 e. The Morgan fingerprint density at radius 2 is 2.07 bits per heavy atom. The van der Waals surface area contributed by atoms with E-state index in [1.807, 2.05) is 0 Å². The molecule has 10 heteroatoms. The average Bonchev–Trinajstić information content (AvgIpc) is 3.09. The highest BCUT2D eigenvalue weighted by atomic mass is 16.6. The van der Waals surface area contributed by atoms with E-state index in [9.17, 15) is 19.7 Å². The molecule has 1 heterocycles. The summed E-state index contributed by atoms with van der Waals surface area (Å²) in [5.41, 5.74) is 2.20. The number of hydrogen-bond acceptors (Lipinski definition) is 6. The van der Waals surface area contributed by atoms with Crippen LogP contribution in [0, 0.1) is 10.1 Å². The molecule has 0 saturated heterocycles. The number of hydrogen-bond donors (Lipinski definition) is 4. The Morgan fingerprint density at radius 1 is 1.29 bits per heavy atom. The maximum atomic E-state index is 12.2. The summed E-state index contributed by atoms with van der Waals surface area (Å²) in [6, 6.07) is 10.5. The lowest BCUT2D eigenvalue weighted by molar-refractivity contribution is -0.384. The molecule has 144 valence electrons. The second-order valence-electron chi connectivity index (χ2n) is 6.15. The number of rotatable bonds is 7. The normalized spacial score (nSPS) is 11.8. The van der Waals surface area contributed by atoms with E-state index in [0.29, 0.717) is 17.4 Å². The van der Waals surface area contributed by atoms with Gasteiger partial charge in [0.05, 0.1) is 10.4 Å². The van der Waals surface area contributed by atoms with Crippen LogP contribution in [0.5, 0.6) is 0 Å². The number of H-pyrrole nitrogens is 1. The summed E-state index contributed by atoms with van der Waals surface area (Å²) in [6.45, 7) is 1.75. The Bertz CT molecular complexity index is 1060. The lowest BCUT2D eigenvalue weighted by atomic mass is 10.1. The van der Waals surface area contributed by atoms with Gasteiger partial charge in [0.2, 0.25) is 0 Å². The number of aromatic nitrogens is 2. The first-order valence-electron chi connectivity index (χ1n) is 8.34. The summed E-state index contributed by atoms with van der Waals surface area (Å²) in [5.74, 6) is -1.72. The number of amides is 1. The molecule has 0 aliphatic rings. The fraction of sp³-hybridized carbons (Fsp3) is 0.167. The van der Waals surface area contributed by atoms with E-state index in [2.05, 4.69) is 20.8 Å². The molecule has 0 radical (unpaired) electrons. The summed E-state index contributed by atoms with van der Waals surface area (Å²) in [7, 11) is 0. The fourth-order valence-corrected chi connectivity index (χ4v) is 2.61. The van der Waals surface area contributed by atoms with Crippen molar-refractivity contribution in [3.8, 4) is 0 Å². The zero-order valence-corrected chi connectivity index (χ0v) is 14.8. The second-order valence-corrected chi connectivity index (χ2v) is 6.15. The van der Waals surface area contributed by atoms with Crippen molar-refractivity contribution in [1.29, 1.82) is 0 Å². The fourth-order valence-electron chi connectivity index (χ4n) is 2.61. The van der Waals surface area contributed by atoms with Gasteiger partial charge in [-0.1, -0.05) is 12.1 Å². The Hall–Kier alpha value is -3.95. The number of aliphatic carboxylic acids is 1. The van der Waals surface area contributed by atoms with Crippen molar-refractivity contribution in [2.24, 2.45) is 0 Å². The van der Waals surface area contributed by atoms with Crippen molar-refractivity contribution in [2.75, 3.05) is 5.32 Å². The molecule has 0 aliphatic heterocycles. The molecule has 0 spiro atoms. The van der Waals surface area contributed by atoms with E-state index in [1.165, 1.54) is 19.1 Å². The van der Waals surface area contributed by atoms with Gasteiger partial charge in [-0.2, -0.15) is 5.10 Å². The van der Waals surface area contributed by atoms with Gasteiger partial charge in [0.15, 0.2) is 5.69 Å². The molecule has 0 saturated carbocycles. The van der Waals surface area contributed by atoms with E-state index in [-0.39, 0.29) is 11.4 Å². The monoisotopic (exact) mass is 383 g/mol. The number of aromatic amines is 1. The SMILES string of the molecule is CC(NC(=O)c1n[nH]c2cc(NCc3cccc([N+](=O)[O-])c3)ccc12)C(=O)O. The quantitative estimate of drug-likeness (QED) is 0.361. The minimum atomic E-state index is -1.14. The van der Waals surface area contributed by atoms with Crippen LogP contribution in [0.15, 0.2) is 42.5 Å². The molecule has 10 nitrogen and oxygen atoms in total. The van der Waals surface area contributed by atoms with Crippen molar-refractivity contribution in [1.82, 2.24) is 15.5 Å². The van der Waals surface area contributed by atoms with Gasteiger partial charge in [0.1, 0.15) is 6.04 Å². The van der Waals surface area contributed by atoms with Gasteiger partial charge in [0, 0.05) is 29.8 Å². The molecule has 3 rings (SSSR count). The lowest BCUT2D eigenvalue weighted by Crippen LogP contribution is -2.38. The molecule has 28 heavy (non-hydrogen) atoms. The van der Waals surface area contributed by atoms with Crippen LogP contribution in [0.1, 0.15) is 23.0 Å². The first-order valence-corrected chi connectivity index (χ1v) is 8.34. The van der Waals surface area contributed by atoms with Gasteiger partial charge >= 0.3 is 5.97 Å². The molecule has 1 unspecified atom stereocenters. The molecule has 0 bridgehead atoms. The minimum Gasteiger partial charge on any atom is -0.480 e. The van der Waals surface area contributed by atoms with Crippen LogP contribution in [0.3, 0.4) is 0 Å². The Kier molecular flexibility index (Phi) is 5.21. The zero-order chi connectivity index (χ0) is 20.3. The van der Waals surface area contributed by atoms with E-state index in [4.69, 9.17) is 5.11 Å². The summed E-state index contributed by atoms with van der Waals surface area (Å²) < 4.78 is 0. The van der Waals surface area contributed by atoms with Crippen molar-refractivity contribution in [2.45, 2.75) is 19.5 Å². The molecule has 3 aromatic rings. The van der Waals surface area contributed by atoms with Gasteiger partial charge < -0.3 is 15.7 Å². The van der Waals surface area contributed by atoms with Gasteiger partial charge in [-0.3, -0.25) is 24.8 Å². The first-order chi connectivity index (χ1) is 13.3. The van der Waals surface area contributed by atoms with Crippen molar-refractivity contribution in [3.05, 3.63) is 63.8 Å². The number of carbonyl (C=O) groups excluding carboxylic acids is 1. The number of nitrogens with zero attached hydrogens (tertiary/aromatic N) is 2. The predicted octanol–water partition coefficient (Wildman–Crippen LogP) is 2.29. The van der Waals surface area contributed by atoms with Crippen molar-refractivity contribution < 1.29 is 19.6 Å². The van der Waals surface area contributed by atoms with Crippen LogP contribution in [-0.4, -0.2) is 38.1 Å². The minimum absolute atomic E-state index is 0.0227. The number of nitro benzene ring substituents is 1. The molecule has 1 amide bonds. The molecule has 1 aromatic heterocycles. The average molecular weight is 383 g/mol. The molecular weight excluding hydrogens is 366 g/mol.